The fourth-order valence-electron chi connectivity index (χ4n) is 1.40. The lowest BCUT2D eigenvalue weighted by atomic mass is 10.2. The standard InChI is InChI=1S/C12H16O7/c1-2-16-10(13)5-3-4-6-11(14)17-7-9-8-18-12(15)19-9/h2,9H,1,3-8H2. The Bertz CT molecular complexity index is 350. The van der Waals surface area contributed by atoms with E-state index in [9.17, 15) is 14.4 Å². The van der Waals surface area contributed by atoms with E-state index < -0.39 is 18.2 Å². The van der Waals surface area contributed by atoms with E-state index in [0.29, 0.717) is 12.8 Å². The molecule has 0 N–H and O–H groups in total. The third-order valence-electron chi connectivity index (χ3n) is 2.31. The number of ether oxygens (including phenoxy) is 4. The van der Waals surface area contributed by atoms with Crippen molar-refractivity contribution in [2.24, 2.45) is 0 Å². The number of hydrogen-bond acceptors (Lipinski definition) is 7. The van der Waals surface area contributed by atoms with Gasteiger partial charge < -0.3 is 18.9 Å². The predicted molar refractivity (Wildman–Crippen MR) is 61.9 cm³/mol. The largest absolute Gasteiger partial charge is 0.508 e. The number of unbranched alkanes of at least 4 members (excludes halogenated alkanes) is 1. The van der Waals surface area contributed by atoms with Crippen LogP contribution in [0.1, 0.15) is 25.7 Å². The van der Waals surface area contributed by atoms with Gasteiger partial charge in [-0.25, -0.2) is 4.79 Å². The Morgan fingerprint density at radius 3 is 2.58 bits per heavy atom. The van der Waals surface area contributed by atoms with Gasteiger partial charge in [-0.15, -0.1) is 0 Å². The highest BCUT2D eigenvalue weighted by Gasteiger charge is 2.26. The van der Waals surface area contributed by atoms with Crippen molar-refractivity contribution in [3.05, 3.63) is 12.8 Å². The topological polar surface area (TPSA) is 88.1 Å². The van der Waals surface area contributed by atoms with Crippen LogP contribution in [-0.4, -0.2) is 37.4 Å². The average molecular weight is 272 g/mol. The van der Waals surface area contributed by atoms with Gasteiger partial charge in [-0.2, -0.15) is 0 Å². The van der Waals surface area contributed by atoms with Crippen LogP contribution in [0.2, 0.25) is 0 Å². The molecule has 7 nitrogen and oxygen atoms in total. The van der Waals surface area contributed by atoms with Gasteiger partial charge in [-0.1, -0.05) is 6.58 Å². The SMILES string of the molecule is C=COC(=O)CCCCC(=O)OCC1COC(=O)O1. The van der Waals surface area contributed by atoms with Gasteiger partial charge in [-0.3, -0.25) is 9.59 Å². The van der Waals surface area contributed by atoms with Gasteiger partial charge in [0, 0.05) is 12.8 Å². The van der Waals surface area contributed by atoms with E-state index in [0.717, 1.165) is 6.26 Å². The molecule has 1 saturated heterocycles. The van der Waals surface area contributed by atoms with Crippen LogP contribution in [0, 0.1) is 0 Å². The van der Waals surface area contributed by atoms with Crippen molar-refractivity contribution >= 4 is 18.1 Å². The first-order chi connectivity index (χ1) is 9.11. The molecule has 106 valence electrons. The Labute approximate surface area is 110 Å². The molecule has 0 aromatic carbocycles. The lowest BCUT2D eigenvalue weighted by molar-refractivity contribution is -0.146. The summed E-state index contributed by atoms with van der Waals surface area (Å²) in [6.45, 7) is 3.35. The maximum absolute atomic E-state index is 11.3. The number of esters is 2. The summed E-state index contributed by atoms with van der Waals surface area (Å²) in [6, 6.07) is 0. The first-order valence-corrected chi connectivity index (χ1v) is 5.91. The van der Waals surface area contributed by atoms with Crippen LogP contribution in [0.25, 0.3) is 0 Å². The molecule has 0 radical (unpaired) electrons. The fourth-order valence-corrected chi connectivity index (χ4v) is 1.40. The molecule has 1 unspecified atom stereocenters. The summed E-state index contributed by atoms with van der Waals surface area (Å²) in [7, 11) is 0. The van der Waals surface area contributed by atoms with Crippen LogP contribution in [0.5, 0.6) is 0 Å². The zero-order valence-electron chi connectivity index (χ0n) is 10.5. The summed E-state index contributed by atoms with van der Waals surface area (Å²) in [5.41, 5.74) is 0. The summed E-state index contributed by atoms with van der Waals surface area (Å²) in [4.78, 5) is 32.9. The van der Waals surface area contributed by atoms with Gasteiger partial charge >= 0.3 is 18.1 Å². The normalized spacial score (nSPS) is 17.3. The van der Waals surface area contributed by atoms with E-state index in [1.807, 2.05) is 0 Å². The molecule has 0 amide bonds. The van der Waals surface area contributed by atoms with E-state index in [-0.39, 0.29) is 32.0 Å². The van der Waals surface area contributed by atoms with Gasteiger partial charge in [0.15, 0.2) is 6.10 Å². The molecule has 1 rings (SSSR count). The smallest absolute Gasteiger partial charge is 0.462 e. The number of cyclic esters (lactones) is 2. The van der Waals surface area contributed by atoms with Gasteiger partial charge in [0.25, 0.3) is 0 Å². The molecule has 0 aromatic rings. The lowest BCUT2D eigenvalue weighted by Gasteiger charge is -2.07. The molecule has 0 bridgehead atoms. The van der Waals surface area contributed by atoms with E-state index in [1.165, 1.54) is 0 Å². The molecule has 1 atom stereocenters. The quantitative estimate of drug-likeness (QED) is 0.285. The van der Waals surface area contributed by atoms with Crippen molar-refractivity contribution < 1.29 is 33.3 Å². The minimum atomic E-state index is -0.748. The van der Waals surface area contributed by atoms with Crippen LogP contribution in [0.4, 0.5) is 4.79 Å². The fraction of sp³-hybridized carbons (Fsp3) is 0.583. The molecule has 0 aliphatic carbocycles. The molecule has 1 aliphatic rings. The van der Waals surface area contributed by atoms with E-state index in [2.05, 4.69) is 20.8 Å². The zero-order chi connectivity index (χ0) is 14.1. The van der Waals surface area contributed by atoms with E-state index >= 15 is 0 Å². The molecule has 1 aliphatic heterocycles. The minimum absolute atomic E-state index is 0.0108. The summed E-state index contributed by atoms with van der Waals surface area (Å²) < 4.78 is 18.6. The lowest BCUT2D eigenvalue weighted by Crippen LogP contribution is -2.20. The molecule has 1 heterocycles. The second kappa shape index (κ2) is 8.12. The Kier molecular flexibility index (Phi) is 6.42. The highest BCUT2D eigenvalue weighted by Crippen LogP contribution is 2.08. The monoisotopic (exact) mass is 272 g/mol. The molecule has 0 spiro atoms. The van der Waals surface area contributed by atoms with E-state index in [1.54, 1.807) is 0 Å². The minimum Gasteiger partial charge on any atom is -0.462 e. The maximum atomic E-state index is 11.3. The van der Waals surface area contributed by atoms with Crippen LogP contribution >= 0.6 is 0 Å². The first-order valence-electron chi connectivity index (χ1n) is 5.91. The number of carbonyl (C=O) groups excluding carboxylic acids is 3. The van der Waals surface area contributed by atoms with Crippen molar-refractivity contribution in [2.75, 3.05) is 13.2 Å². The molecule has 1 fully saturated rings. The Hall–Kier alpha value is -2.05. The third kappa shape index (κ3) is 6.44. The molecule has 7 heteroatoms. The molecule has 0 saturated carbocycles. The molecular formula is C12H16O7. The van der Waals surface area contributed by atoms with Crippen molar-refractivity contribution in [1.29, 1.82) is 0 Å². The third-order valence-corrected chi connectivity index (χ3v) is 2.31. The van der Waals surface area contributed by atoms with Gasteiger partial charge in [0.2, 0.25) is 0 Å². The summed E-state index contributed by atoms with van der Waals surface area (Å²) in [6.07, 6.45) is 1.27. The average Bonchev–Trinajstić information content (AvgIpc) is 2.78. The highest BCUT2D eigenvalue weighted by molar-refractivity contribution is 5.71. The summed E-state index contributed by atoms with van der Waals surface area (Å²) >= 11 is 0. The summed E-state index contributed by atoms with van der Waals surface area (Å²) in [5, 5.41) is 0. The first kappa shape index (κ1) is 15.0. The maximum Gasteiger partial charge on any atom is 0.508 e. The van der Waals surface area contributed by atoms with Crippen LogP contribution < -0.4 is 0 Å². The van der Waals surface area contributed by atoms with Crippen molar-refractivity contribution in [3.63, 3.8) is 0 Å². The second-order valence-corrected chi connectivity index (χ2v) is 3.85. The van der Waals surface area contributed by atoms with Crippen LogP contribution in [-0.2, 0) is 28.5 Å². The number of hydrogen-bond donors (Lipinski definition) is 0. The van der Waals surface area contributed by atoms with Crippen LogP contribution in [0.3, 0.4) is 0 Å². The van der Waals surface area contributed by atoms with Gasteiger partial charge in [-0.05, 0) is 12.8 Å². The zero-order valence-corrected chi connectivity index (χ0v) is 10.5. The molecule has 19 heavy (non-hydrogen) atoms. The second-order valence-electron chi connectivity index (χ2n) is 3.85. The van der Waals surface area contributed by atoms with E-state index in [4.69, 9.17) is 4.74 Å². The highest BCUT2D eigenvalue weighted by atomic mass is 16.8. The van der Waals surface area contributed by atoms with Crippen molar-refractivity contribution in [2.45, 2.75) is 31.8 Å². The van der Waals surface area contributed by atoms with Gasteiger partial charge in [0.1, 0.15) is 13.2 Å². The number of rotatable bonds is 8. The van der Waals surface area contributed by atoms with Gasteiger partial charge in [0.05, 0.1) is 6.26 Å². The Morgan fingerprint density at radius 1 is 1.32 bits per heavy atom. The molecule has 0 aromatic heterocycles. The predicted octanol–water partition coefficient (Wildman–Crippen LogP) is 1.31. The van der Waals surface area contributed by atoms with Crippen molar-refractivity contribution in [1.82, 2.24) is 0 Å². The Balaban J connectivity index is 2.00. The van der Waals surface area contributed by atoms with Crippen LogP contribution in [0.15, 0.2) is 12.8 Å². The number of carbonyl (C=O) groups is 3. The summed E-state index contributed by atoms with van der Waals surface area (Å²) in [5.74, 6) is -0.779. The molecular weight excluding hydrogens is 256 g/mol. The van der Waals surface area contributed by atoms with Crippen molar-refractivity contribution in [3.8, 4) is 0 Å². The Morgan fingerprint density at radius 2 is 2.00 bits per heavy atom.